The number of hydrogen-bond acceptors (Lipinski definition) is 4. The van der Waals surface area contributed by atoms with Crippen molar-refractivity contribution in [3.8, 4) is 0 Å². The Hall–Kier alpha value is -2.34. The van der Waals surface area contributed by atoms with Gasteiger partial charge in [0, 0.05) is 5.02 Å². The third-order valence-corrected chi connectivity index (χ3v) is 2.59. The minimum atomic E-state index is -0.711. The molecule has 0 bridgehead atoms. The quantitative estimate of drug-likeness (QED) is 0.804. The highest BCUT2D eigenvalue weighted by atomic mass is 35.5. The molecule has 0 aliphatic rings. The Bertz CT molecular complexity index is 648. The molecule has 0 fully saturated rings. The molecule has 2 aromatic rings. The molecule has 0 aliphatic heterocycles. The summed E-state index contributed by atoms with van der Waals surface area (Å²) in [6.07, 6.45) is 1.34. The Balaban J connectivity index is 2.40. The number of amides is 1. The van der Waals surface area contributed by atoms with Crippen LogP contribution >= 0.6 is 11.6 Å². The van der Waals surface area contributed by atoms with E-state index in [0.717, 1.165) is 6.07 Å². The van der Waals surface area contributed by atoms with E-state index in [9.17, 15) is 9.18 Å². The number of nitrogens with zero attached hydrogens (tertiary/aromatic N) is 1. The largest absolute Gasteiger partial charge is 0.397 e. The summed E-state index contributed by atoms with van der Waals surface area (Å²) >= 11 is 5.65. The number of hydrogen-bond donors (Lipinski definition) is 3. The molecule has 98 valence electrons. The van der Waals surface area contributed by atoms with Crippen molar-refractivity contribution >= 4 is 34.7 Å². The van der Waals surface area contributed by atoms with Gasteiger partial charge >= 0.3 is 0 Å². The van der Waals surface area contributed by atoms with Gasteiger partial charge in [-0.25, -0.2) is 9.37 Å². The molecule has 2 rings (SSSR count). The zero-order valence-corrected chi connectivity index (χ0v) is 10.4. The van der Waals surface area contributed by atoms with E-state index in [2.05, 4.69) is 10.3 Å². The maximum absolute atomic E-state index is 13.6. The molecule has 7 heteroatoms. The molecule has 0 unspecified atom stereocenters. The van der Waals surface area contributed by atoms with Crippen molar-refractivity contribution in [3.63, 3.8) is 0 Å². The van der Waals surface area contributed by atoms with Crippen LogP contribution in [0.1, 0.15) is 10.4 Å². The number of nitrogens with one attached hydrogen (secondary N) is 1. The van der Waals surface area contributed by atoms with Crippen molar-refractivity contribution in [2.45, 2.75) is 0 Å². The first-order valence-corrected chi connectivity index (χ1v) is 5.62. The van der Waals surface area contributed by atoms with Gasteiger partial charge in [-0.2, -0.15) is 0 Å². The first-order chi connectivity index (χ1) is 8.97. The van der Waals surface area contributed by atoms with Gasteiger partial charge in [-0.05, 0) is 24.3 Å². The molecule has 1 amide bonds. The fraction of sp³-hybridized carbons (Fsp3) is 0. The molecule has 19 heavy (non-hydrogen) atoms. The number of pyridine rings is 1. The van der Waals surface area contributed by atoms with E-state index in [4.69, 9.17) is 23.1 Å². The van der Waals surface area contributed by atoms with E-state index in [0.29, 0.717) is 0 Å². The molecule has 0 saturated heterocycles. The summed E-state index contributed by atoms with van der Waals surface area (Å²) in [4.78, 5) is 15.2. The van der Waals surface area contributed by atoms with Crippen molar-refractivity contribution < 1.29 is 9.18 Å². The number of anilines is 3. The summed E-state index contributed by atoms with van der Waals surface area (Å²) in [6.45, 7) is 0. The average molecular weight is 281 g/mol. The highest BCUT2D eigenvalue weighted by Gasteiger charge is 2.12. The predicted octanol–water partition coefficient (Wildman–Crippen LogP) is 2.30. The number of aromatic nitrogens is 1. The summed E-state index contributed by atoms with van der Waals surface area (Å²) < 4.78 is 13.6. The average Bonchev–Trinajstić information content (AvgIpc) is 2.34. The third kappa shape index (κ3) is 2.92. The van der Waals surface area contributed by atoms with Crippen LogP contribution in [-0.4, -0.2) is 10.9 Å². The van der Waals surface area contributed by atoms with E-state index < -0.39 is 11.7 Å². The molecule has 5 N–H and O–H groups in total. The SMILES string of the molecule is NC(=O)c1cc(N)cnc1Nc1ccc(Cl)cc1F. The minimum Gasteiger partial charge on any atom is -0.397 e. The van der Waals surface area contributed by atoms with Crippen LogP contribution in [-0.2, 0) is 0 Å². The Morgan fingerprint density at radius 1 is 1.37 bits per heavy atom. The van der Waals surface area contributed by atoms with Gasteiger partial charge in [0.05, 0.1) is 23.1 Å². The second-order valence-electron chi connectivity index (χ2n) is 3.78. The molecule has 0 atom stereocenters. The number of nitrogens with two attached hydrogens (primary N) is 2. The number of carbonyl (C=O) groups excluding carboxylic acids is 1. The molecular weight excluding hydrogens is 271 g/mol. The Morgan fingerprint density at radius 3 is 2.74 bits per heavy atom. The fourth-order valence-electron chi connectivity index (χ4n) is 1.49. The van der Waals surface area contributed by atoms with Crippen molar-refractivity contribution in [2.24, 2.45) is 5.73 Å². The lowest BCUT2D eigenvalue weighted by atomic mass is 10.2. The number of halogens is 2. The molecule has 0 spiro atoms. The predicted molar refractivity (Wildman–Crippen MR) is 71.9 cm³/mol. The van der Waals surface area contributed by atoms with Crippen molar-refractivity contribution in [3.05, 3.63) is 46.9 Å². The van der Waals surface area contributed by atoms with Crippen molar-refractivity contribution in [1.82, 2.24) is 4.98 Å². The monoisotopic (exact) mass is 280 g/mol. The smallest absolute Gasteiger partial charge is 0.252 e. The summed E-state index contributed by atoms with van der Waals surface area (Å²) in [5.41, 5.74) is 11.2. The van der Waals surface area contributed by atoms with Crippen molar-refractivity contribution in [2.75, 3.05) is 11.1 Å². The lowest BCUT2D eigenvalue weighted by Gasteiger charge is -2.10. The standard InChI is InChI=1S/C12H10ClFN4O/c13-6-1-2-10(9(14)3-6)18-12-8(11(16)19)4-7(15)5-17-12/h1-5H,15H2,(H2,16,19)(H,17,18). The highest BCUT2D eigenvalue weighted by Crippen LogP contribution is 2.24. The van der Waals surface area contributed by atoms with E-state index in [1.165, 1.54) is 24.4 Å². The van der Waals surface area contributed by atoms with Crippen LogP contribution in [0.3, 0.4) is 0 Å². The first kappa shape index (κ1) is 13.1. The lowest BCUT2D eigenvalue weighted by Crippen LogP contribution is -2.15. The van der Waals surface area contributed by atoms with Crippen LogP contribution in [0.15, 0.2) is 30.5 Å². The van der Waals surface area contributed by atoms with E-state index >= 15 is 0 Å². The van der Waals surface area contributed by atoms with Gasteiger partial charge in [-0.15, -0.1) is 0 Å². The number of primary amides is 1. The molecule has 5 nitrogen and oxygen atoms in total. The highest BCUT2D eigenvalue weighted by molar-refractivity contribution is 6.30. The van der Waals surface area contributed by atoms with Gasteiger partial charge in [0.25, 0.3) is 5.91 Å². The molecule has 0 radical (unpaired) electrons. The number of benzene rings is 1. The number of rotatable bonds is 3. The van der Waals surface area contributed by atoms with Crippen molar-refractivity contribution in [1.29, 1.82) is 0 Å². The molecule has 1 aromatic carbocycles. The van der Waals surface area contributed by atoms with Gasteiger partial charge in [0.1, 0.15) is 11.6 Å². The Morgan fingerprint density at radius 2 is 2.11 bits per heavy atom. The molecule has 0 aliphatic carbocycles. The fourth-order valence-corrected chi connectivity index (χ4v) is 1.65. The van der Waals surface area contributed by atoms with Gasteiger partial charge in [0.15, 0.2) is 0 Å². The van der Waals surface area contributed by atoms with Gasteiger partial charge < -0.3 is 16.8 Å². The Labute approximate surface area is 113 Å². The van der Waals surface area contributed by atoms with Crippen LogP contribution in [0.5, 0.6) is 0 Å². The lowest BCUT2D eigenvalue weighted by molar-refractivity contribution is 0.100. The Kier molecular flexibility index (Phi) is 3.52. The van der Waals surface area contributed by atoms with Crippen LogP contribution in [0.25, 0.3) is 0 Å². The molecule has 1 heterocycles. The van der Waals surface area contributed by atoms with Gasteiger partial charge in [0.2, 0.25) is 0 Å². The van der Waals surface area contributed by atoms with Crippen LogP contribution in [0, 0.1) is 5.82 Å². The minimum absolute atomic E-state index is 0.0781. The first-order valence-electron chi connectivity index (χ1n) is 5.25. The van der Waals surface area contributed by atoms with E-state index in [1.54, 1.807) is 0 Å². The summed E-state index contributed by atoms with van der Waals surface area (Å²) in [5, 5.41) is 2.94. The third-order valence-electron chi connectivity index (χ3n) is 2.36. The second-order valence-corrected chi connectivity index (χ2v) is 4.21. The van der Waals surface area contributed by atoms with Crippen LogP contribution in [0.2, 0.25) is 5.02 Å². The van der Waals surface area contributed by atoms with Crippen LogP contribution < -0.4 is 16.8 Å². The van der Waals surface area contributed by atoms with E-state index in [1.807, 2.05) is 0 Å². The topological polar surface area (TPSA) is 94.0 Å². The van der Waals surface area contributed by atoms with Gasteiger partial charge in [-0.3, -0.25) is 4.79 Å². The molecule has 1 aromatic heterocycles. The zero-order chi connectivity index (χ0) is 14.0. The zero-order valence-electron chi connectivity index (χ0n) is 9.65. The van der Waals surface area contributed by atoms with Gasteiger partial charge in [-0.1, -0.05) is 11.6 Å². The maximum Gasteiger partial charge on any atom is 0.252 e. The molecule has 0 saturated carbocycles. The summed E-state index contributed by atoms with van der Waals surface area (Å²) in [7, 11) is 0. The normalized spacial score (nSPS) is 10.2. The second kappa shape index (κ2) is 5.11. The summed E-state index contributed by atoms with van der Waals surface area (Å²) in [6, 6.07) is 5.45. The summed E-state index contributed by atoms with van der Waals surface area (Å²) in [5.74, 6) is -1.15. The molecular formula is C12H10ClFN4O. The van der Waals surface area contributed by atoms with Crippen LogP contribution in [0.4, 0.5) is 21.6 Å². The van der Waals surface area contributed by atoms with E-state index in [-0.39, 0.29) is 27.8 Å². The number of carbonyl (C=O) groups is 1. The number of nitrogen functional groups attached to an aromatic ring is 1. The maximum atomic E-state index is 13.6.